The Bertz CT molecular complexity index is 1130. The Morgan fingerprint density at radius 2 is 1.22 bits per heavy atom. The summed E-state index contributed by atoms with van der Waals surface area (Å²) in [6.07, 6.45) is 1.24. The first-order chi connectivity index (χ1) is 15.3. The fourth-order valence-electron chi connectivity index (χ4n) is 4.19. The van der Waals surface area contributed by atoms with Crippen molar-refractivity contribution in [2.24, 2.45) is 0 Å². The van der Waals surface area contributed by atoms with E-state index >= 15 is 0 Å². The van der Waals surface area contributed by atoms with E-state index in [9.17, 15) is 24.6 Å². The Morgan fingerprint density at radius 1 is 0.781 bits per heavy atom. The highest BCUT2D eigenvalue weighted by Gasteiger charge is 2.37. The zero-order valence-electron chi connectivity index (χ0n) is 16.5. The molecule has 1 saturated heterocycles. The van der Waals surface area contributed by atoms with Gasteiger partial charge in [0.25, 0.3) is 11.4 Å². The second-order valence-electron chi connectivity index (χ2n) is 7.43. The molecule has 0 amide bonds. The maximum atomic E-state index is 13.6. The van der Waals surface area contributed by atoms with E-state index in [1.165, 1.54) is 36.4 Å². The molecule has 0 radical (unpaired) electrons. The molecule has 0 aromatic heterocycles. The number of halogens is 3. The van der Waals surface area contributed by atoms with Crippen molar-refractivity contribution in [2.45, 2.75) is 24.9 Å². The van der Waals surface area contributed by atoms with Crippen molar-refractivity contribution in [1.82, 2.24) is 0 Å². The van der Waals surface area contributed by atoms with E-state index in [0.29, 0.717) is 29.7 Å². The van der Waals surface area contributed by atoms with Gasteiger partial charge in [0.15, 0.2) is 0 Å². The lowest BCUT2D eigenvalue weighted by Crippen LogP contribution is -2.26. The van der Waals surface area contributed by atoms with Gasteiger partial charge in [0.2, 0.25) is 0 Å². The third kappa shape index (κ3) is 4.11. The number of benzene rings is 3. The van der Waals surface area contributed by atoms with Gasteiger partial charge in [0.05, 0.1) is 21.9 Å². The number of nitro groups is 2. The van der Waals surface area contributed by atoms with Crippen molar-refractivity contribution >= 4 is 40.3 Å². The summed E-state index contributed by atoms with van der Waals surface area (Å²) in [7, 11) is 0. The molecule has 0 spiro atoms. The van der Waals surface area contributed by atoms with Gasteiger partial charge in [0.1, 0.15) is 15.9 Å². The average Bonchev–Trinajstić information content (AvgIpc) is 3.19. The van der Waals surface area contributed by atoms with Crippen LogP contribution in [0.4, 0.5) is 21.5 Å². The summed E-state index contributed by atoms with van der Waals surface area (Å²) in [5, 5.41) is 22.8. The van der Waals surface area contributed by atoms with Gasteiger partial charge >= 0.3 is 0 Å². The Hall–Kier alpha value is -3.23. The minimum Gasteiger partial charge on any atom is -0.357 e. The average molecular weight is 476 g/mol. The van der Waals surface area contributed by atoms with E-state index in [1.807, 2.05) is 4.90 Å². The van der Waals surface area contributed by atoms with Crippen LogP contribution in [-0.2, 0) is 0 Å². The quantitative estimate of drug-likeness (QED) is 0.291. The van der Waals surface area contributed by atoms with Gasteiger partial charge in [-0.1, -0.05) is 35.3 Å². The topological polar surface area (TPSA) is 89.5 Å². The van der Waals surface area contributed by atoms with Crippen LogP contribution in [0, 0.1) is 26.0 Å². The summed E-state index contributed by atoms with van der Waals surface area (Å²) >= 11 is 12.0. The van der Waals surface area contributed by atoms with Crippen LogP contribution < -0.4 is 4.90 Å². The van der Waals surface area contributed by atoms with Crippen LogP contribution in [0.2, 0.25) is 10.0 Å². The molecule has 7 nitrogen and oxygen atoms in total. The van der Waals surface area contributed by atoms with Crippen LogP contribution in [0.5, 0.6) is 0 Å². The van der Waals surface area contributed by atoms with Crippen LogP contribution in [0.1, 0.15) is 36.1 Å². The number of hydrogen-bond donors (Lipinski definition) is 0. The fraction of sp³-hybridized carbons (Fsp3) is 0.182. The molecule has 0 unspecified atom stereocenters. The lowest BCUT2D eigenvalue weighted by molar-refractivity contribution is -0.384. The molecule has 2 atom stereocenters. The lowest BCUT2D eigenvalue weighted by atomic mass is 10.0. The highest BCUT2D eigenvalue weighted by Crippen LogP contribution is 2.48. The molecular weight excluding hydrogens is 460 g/mol. The maximum Gasteiger partial charge on any atom is 0.288 e. The van der Waals surface area contributed by atoms with Crippen molar-refractivity contribution in [3.8, 4) is 0 Å². The number of nitro benzene ring substituents is 2. The van der Waals surface area contributed by atoms with Crippen molar-refractivity contribution in [1.29, 1.82) is 0 Å². The van der Waals surface area contributed by atoms with Crippen molar-refractivity contribution in [3.05, 3.63) is 108 Å². The Balaban J connectivity index is 1.82. The molecule has 4 rings (SSSR count). The van der Waals surface area contributed by atoms with Crippen molar-refractivity contribution in [3.63, 3.8) is 0 Å². The summed E-state index contributed by atoms with van der Waals surface area (Å²) in [5.74, 6) is -0.398. The molecular formula is C22H16Cl2FN3O4. The highest BCUT2D eigenvalue weighted by atomic mass is 35.5. The largest absolute Gasteiger partial charge is 0.357 e. The monoisotopic (exact) mass is 475 g/mol. The van der Waals surface area contributed by atoms with E-state index in [2.05, 4.69) is 0 Å². The molecule has 0 N–H and O–H groups in total. The van der Waals surface area contributed by atoms with E-state index in [0.717, 1.165) is 0 Å². The highest BCUT2D eigenvalue weighted by molar-refractivity contribution is 6.33. The summed E-state index contributed by atoms with van der Waals surface area (Å²) < 4.78 is 13.6. The minimum absolute atomic E-state index is 0.0370. The van der Waals surface area contributed by atoms with Gasteiger partial charge in [-0.15, -0.1) is 0 Å². The van der Waals surface area contributed by atoms with E-state index in [-0.39, 0.29) is 33.5 Å². The van der Waals surface area contributed by atoms with Crippen LogP contribution in [0.3, 0.4) is 0 Å². The van der Waals surface area contributed by atoms with Crippen LogP contribution in [-0.4, -0.2) is 9.85 Å². The molecule has 3 aromatic carbocycles. The first kappa shape index (κ1) is 22.0. The number of hydrogen-bond acceptors (Lipinski definition) is 5. The van der Waals surface area contributed by atoms with E-state index < -0.39 is 15.7 Å². The molecule has 1 fully saturated rings. The maximum absolute atomic E-state index is 13.6. The van der Waals surface area contributed by atoms with Gasteiger partial charge in [-0.05, 0) is 60.4 Å². The van der Waals surface area contributed by atoms with Gasteiger partial charge in [-0.2, -0.15) is 0 Å². The first-order valence-corrected chi connectivity index (χ1v) is 10.4. The smallest absolute Gasteiger partial charge is 0.288 e. The molecule has 10 heteroatoms. The third-order valence-electron chi connectivity index (χ3n) is 5.61. The summed E-state index contributed by atoms with van der Waals surface area (Å²) in [4.78, 5) is 23.7. The molecule has 1 heterocycles. The molecule has 3 aromatic rings. The number of rotatable bonds is 5. The molecule has 1 aliphatic heterocycles. The van der Waals surface area contributed by atoms with Crippen LogP contribution in [0.15, 0.2) is 60.7 Å². The Kier molecular flexibility index (Phi) is 5.99. The normalized spacial score (nSPS) is 18.0. The lowest BCUT2D eigenvalue weighted by Gasteiger charge is -2.33. The molecule has 0 saturated carbocycles. The fourth-order valence-corrected chi connectivity index (χ4v) is 4.57. The number of anilines is 1. The zero-order valence-corrected chi connectivity index (χ0v) is 18.0. The second-order valence-corrected chi connectivity index (χ2v) is 8.24. The first-order valence-electron chi connectivity index (χ1n) is 9.68. The summed E-state index contributed by atoms with van der Waals surface area (Å²) in [5.41, 5.74) is 1.64. The SMILES string of the molecule is O=[N+]([O-])c1cc([C@H]2CC[C@H](c3ccc(Cl)c([N+](=O)[O-])c3)N2c2ccc(F)cc2)ccc1Cl. The Morgan fingerprint density at radius 3 is 1.62 bits per heavy atom. The third-order valence-corrected chi connectivity index (χ3v) is 6.25. The summed E-state index contributed by atoms with van der Waals surface area (Å²) in [6.45, 7) is 0. The van der Waals surface area contributed by atoms with Crippen molar-refractivity contribution in [2.75, 3.05) is 4.90 Å². The molecule has 32 heavy (non-hydrogen) atoms. The van der Waals surface area contributed by atoms with Gasteiger partial charge < -0.3 is 4.90 Å². The molecule has 0 aliphatic carbocycles. The van der Waals surface area contributed by atoms with Gasteiger partial charge in [0, 0.05) is 17.8 Å². The standard InChI is InChI=1S/C22H16Cl2FN3O4/c23-17-7-1-13(11-21(17)27(29)30)19-9-10-20(26(19)16-5-3-15(25)4-6-16)14-2-8-18(24)22(12-14)28(31)32/h1-8,11-12,19-20H,9-10H2/t19-,20-/m1/s1. The van der Waals surface area contributed by atoms with E-state index in [1.54, 1.807) is 24.3 Å². The second kappa shape index (κ2) is 8.72. The van der Waals surface area contributed by atoms with Crippen LogP contribution >= 0.6 is 23.2 Å². The summed E-state index contributed by atoms with van der Waals surface area (Å²) in [6, 6.07) is 14.6. The number of nitrogens with zero attached hydrogens (tertiary/aromatic N) is 3. The Labute approximate surface area is 192 Å². The minimum atomic E-state index is -0.539. The molecule has 1 aliphatic rings. The van der Waals surface area contributed by atoms with Crippen LogP contribution in [0.25, 0.3) is 0 Å². The van der Waals surface area contributed by atoms with Crippen molar-refractivity contribution < 1.29 is 14.2 Å². The molecule has 164 valence electrons. The van der Waals surface area contributed by atoms with Gasteiger partial charge in [-0.25, -0.2) is 4.39 Å². The molecule has 0 bridgehead atoms. The predicted octanol–water partition coefficient (Wildman–Crippen LogP) is 7.03. The van der Waals surface area contributed by atoms with E-state index in [4.69, 9.17) is 23.2 Å². The predicted molar refractivity (Wildman–Crippen MR) is 120 cm³/mol. The zero-order chi connectivity index (χ0) is 23.0. The van der Waals surface area contributed by atoms with Gasteiger partial charge in [-0.3, -0.25) is 20.2 Å².